The van der Waals surface area contributed by atoms with E-state index >= 15 is 0 Å². The van der Waals surface area contributed by atoms with Gasteiger partial charge in [0.25, 0.3) is 0 Å². The Labute approximate surface area is 119 Å². The minimum Gasteiger partial charge on any atom is -0.432 e. The number of aromatic nitrogens is 1. The van der Waals surface area contributed by atoms with Crippen LogP contribution in [0.1, 0.15) is 5.56 Å². The monoisotopic (exact) mass is 294 g/mol. The van der Waals surface area contributed by atoms with E-state index in [0.29, 0.717) is 5.02 Å². The molecule has 0 atom stereocenters. The Morgan fingerprint density at radius 3 is 2.75 bits per heavy atom. The summed E-state index contributed by atoms with van der Waals surface area (Å²) in [6.45, 7) is 1.87. The van der Waals surface area contributed by atoms with Gasteiger partial charge in [-0.3, -0.25) is 10.1 Å². The molecule has 0 saturated heterocycles. The first-order valence-electron chi connectivity index (χ1n) is 5.57. The van der Waals surface area contributed by atoms with Crippen molar-refractivity contribution in [1.82, 2.24) is 4.98 Å². The number of benzene rings is 1. The second-order valence-electron chi connectivity index (χ2n) is 3.96. The fourth-order valence-electron chi connectivity index (χ4n) is 1.52. The zero-order valence-corrected chi connectivity index (χ0v) is 11.2. The quantitative estimate of drug-likeness (QED) is 0.510. The van der Waals surface area contributed by atoms with Crippen LogP contribution in [0.25, 0.3) is 0 Å². The summed E-state index contributed by atoms with van der Waals surface area (Å²) < 4.78 is 5.42. The number of nitrogens with one attached hydrogen (secondary N) is 1. The summed E-state index contributed by atoms with van der Waals surface area (Å²) in [5.74, 6) is 5.56. The Morgan fingerprint density at radius 2 is 2.15 bits per heavy atom. The molecule has 0 fully saturated rings. The summed E-state index contributed by atoms with van der Waals surface area (Å²) in [6, 6.07) is 7.71. The maximum absolute atomic E-state index is 11.0. The number of pyridine rings is 1. The predicted octanol–water partition coefficient (Wildman–Crippen LogP) is 3.03. The average Bonchev–Trinajstić information content (AvgIpc) is 2.41. The fraction of sp³-hybridized carbons (Fsp3) is 0.0833. The zero-order chi connectivity index (χ0) is 14.7. The van der Waals surface area contributed by atoms with Gasteiger partial charge in [0, 0.05) is 6.07 Å². The molecule has 0 aliphatic heterocycles. The maximum atomic E-state index is 11.0. The molecule has 0 saturated carbocycles. The third-order valence-electron chi connectivity index (χ3n) is 2.48. The van der Waals surface area contributed by atoms with Crippen molar-refractivity contribution in [2.24, 2.45) is 5.84 Å². The molecule has 0 aliphatic carbocycles. The molecule has 1 heterocycles. The lowest BCUT2D eigenvalue weighted by Gasteiger charge is -2.08. The number of rotatable bonds is 4. The van der Waals surface area contributed by atoms with Crippen molar-refractivity contribution in [3.63, 3.8) is 0 Å². The molecule has 2 aromatic rings. The Balaban J connectivity index is 2.43. The molecule has 0 radical (unpaired) electrons. The van der Waals surface area contributed by atoms with Crippen LogP contribution in [0.3, 0.4) is 0 Å². The Hall–Kier alpha value is -2.38. The number of halogens is 1. The largest absolute Gasteiger partial charge is 0.432 e. The summed E-state index contributed by atoms with van der Waals surface area (Å²) in [6.07, 6.45) is 0. The predicted molar refractivity (Wildman–Crippen MR) is 75.0 cm³/mol. The standard InChI is InChI=1S/C12H11ClN4O3/c1-7-2-4-10(8(13)6-7)20-12-9(17(18)19)3-5-11(15-12)16-14/h2-6H,14H2,1H3,(H,15,16). The first kappa shape index (κ1) is 14.0. The van der Waals surface area contributed by atoms with Crippen LogP contribution in [0.4, 0.5) is 11.5 Å². The molecular formula is C12H11ClN4O3. The SMILES string of the molecule is Cc1ccc(Oc2nc(NN)ccc2[N+](=O)[O-])c(Cl)c1. The molecule has 7 nitrogen and oxygen atoms in total. The molecular weight excluding hydrogens is 284 g/mol. The first-order chi connectivity index (χ1) is 9.51. The van der Waals surface area contributed by atoms with Crippen molar-refractivity contribution in [2.75, 3.05) is 5.43 Å². The summed E-state index contributed by atoms with van der Waals surface area (Å²) in [7, 11) is 0. The number of hydrazine groups is 1. The molecule has 3 N–H and O–H groups in total. The van der Waals surface area contributed by atoms with E-state index in [-0.39, 0.29) is 23.1 Å². The van der Waals surface area contributed by atoms with E-state index in [9.17, 15) is 10.1 Å². The molecule has 0 amide bonds. The molecule has 1 aromatic carbocycles. The van der Waals surface area contributed by atoms with Gasteiger partial charge in [0.1, 0.15) is 11.6 Å². The van der Waals surface area contributed by atoms with E-state index in [0.717, 1.165) is 5.56 Å². The van der Waals surface area contributed by atoms with Gasteiger partial charge >= 0.3 is 11.6 Å². The second kappa shape index (κ2) is 5.72. The van der Waals surface area contributed by atoms with Crippen molar-refractivity contribution < 1.29 is 9.66 Å². The first-order valence-corrected chi connectivity index (χ1v) is 5.95. The number of ether oxygens (including phenoxy) is 1. The minimum atomic E-state index is -0.593. The van der Waals surface area contributed by atoms with Crippen LogP contribution >= 0.6 is 11.6 Å². The van der Waals surface area contributed by atoms with Gasteiger partial charge in [0.2, 0.25) is 0 Å². The highest BCUT2D eigenvalue weighted by molar-refractivity contribution is 6.32. The van der Waals surface area contributed by atoms with Gasteiger partial charge in [-0.05, 0) is 30.7 Å². The molecule has 1 aromatic heterocycles. The van der Waals surface area contributed by atoms with E-state index in [4.69, 9.17) is 22.2 Å². The van der Waals surface area contributed by atoms with Crippen molar-refractivity contribution in [3.8, 4) is 11.6 Å². The fourth-order valence-corrected chi connectivity index (χ4v) is 1.79. The summed E-state index contributed by atoms with van der Waals surface area (Å²) >= 11 is 6.02. The highest BCUT2D eigenvalue weighted by Gasteiger charge is 2.19. The van der Waals surface area contributed by atoms with Crippen molar-refractivity contribution in [3.05, 3.63) is 51.0 Å². The minimum absolute atomic E-state index is 0.184. The molecule has 104 valence electrons. The number of nitro groups is 1. The number of nitrogen functional groups attached to an aromatic ring is 1. The van der Waals surface area contributed by atoms with Gasteiger partial charge in [0.05, 0.1) is 9.95 Å². The number of aryl methyl sites for hydroxylation is 1. The molecule has 0 unspecified atom stereocenters. The lowest BCUT2D eigenvalue weighted by atomic mass is 10.2. The van der Waals surface area contributed by atoms with E-state index in [2.05, 4.69) is 10.4 Å². The second-order valence-corrected chi connectivity index (χ2v) is 4.37. The number of nitrogens with zero attached hydrogens (tertiary/aromatic N) is 2. The van der Waals surface area contributed by atoms with E-state index in [1.54, 1.807) is 18.2 Å². The van der Waals surface area contributed by atoms with Crippen LogP contribution in [0.5, 0.6) is 11.6 Å². The van der Waals surface area contributed by atoms with Gasteiger partial charge in [-0.2, -0.15) is 4.98 Å². The highest BCUT2D eigenvalue weighted by atomic mass is 35.5. The lowest BCUT2D eigenvalue weighted by Crippen LogP contribution is -2.09. The summed E-state index contributed by atoms with van der Waals surface area (Å²) in [4.78, 5) is 14.3. The average molecular weight is 295 g/mol. The Kier molecular flexibility index (Phi) is 4.02. The highest BCUT2D eigenvalue weighted by Crippen LogP contribution is 2.34. The van der Waals surface area contributed by atoms with E-state index < -0.39 is 4.92 Å². The molecule has 0 bridgehead atoms. The van der Waals surface area contributed by atoms with E-state index in [1.807, 2.05) is 6.92 Å². The van der Waals surface area contributed by atoms with Crippen LogP contribution in [-0.2, 0) is 0 Å². The molecule has 0 spiro atoms. The van der Waals surface area contributed by atoms with Gasteiger partial charge in [0.15, 0.2) is 0 Å². The summed E-state index contributed by atoms with van der Waals surface area (Å²) in [5, 5.41) is 11.3. The smallest absolute Gasteiger partial charge is 0.331 e. The van der Waals surface area contributed by atoms with Crippen LogP contribution < -0.4 is 16.0 Å². The van der Waals surface area contributed by atoms with Crippen LogP contribution in [0.15, 0.2) is 30.3 Å². The van der Waals surface area contributed by atoms with Crippen LogP contribution in [0.2, 0.25) is 5.02 Å². The molecule has 20 heavy (non-hydrogen) atoms. The van der Waals surface area contributed by atoms with Gasteiger partial charge in [-0.15, -0.1) is 0 Å². The van der Waals surface area contributed by atoms with Gasteiger partial charge < -0.3 is 10.2 Å². The topological polar surface area (TPSA) is 103 Å². The van der Waals surface area contributed by atoms with Gasteiger partial charge in [-0.25, -0.2) is 5.84 Å². The van der Waals surface area contributed by atoms with Crippen LogP contribution in [0, 0.1) is 17.0 Å². The maximum Gasteiger partial charge on any atom is 0.331 e. The third kappa shape index (κ3) is 2.95. The Morgan fingerprint density at radius 1 is 1.40 bits per heavy atom. The summed E-state index contributed by atoms with van der Waals surface area (Å²) in [5.41, 5.74) is 2.97. The van der Waals surface area contributed by atoms with Gasteiger partial charge in [-0.1, -0.05) is 17.7 Å². The number of hydrogen-bond acceptors (Lipinski definition) is 6. The lowest BCUT2D eigenvalue weighted by molar-refractivity contribution is -0.386. The van der Waals surface area contributed by atoms with E-state index in [1.165, 1.54) is 12.1 Å². The van der Waals surface area contributed by atoms with Crippen molar-refractivity contribution in [2.45, 2.75) is 6.92 Å². The number of nitrogens with two attached hydrogens (primary N) is 1. The van der Waals surface area contributed by atoms with Crippen molar-refractivity contribution in [1.29, 1.82) is 0 Å². The zero-order valence-electron chi connectivity index (χ0n) is 10.5. The normalized spacial score (nSPS) is 10.2. The van der Waals surface area contributed by atoms with Crippen LogP contribution in [-0.4, -0.2) is 9.91 Å². The number of anilines is 1. The molecule has 8 heteroatoms. The third-order valence-corrected chi connectivity index (χ3v) is 2.77. The Bertz CT molecular complexity index is 663. The number of hydrogen-bond donors (Lipinski definition) is 2. The van der Waals surface area contributed by atoms with Crippen molar-refractivity contribution >= 4 is 23.1 Å². The molecule has 0 aliphatic rings. The molecule has 2 rings (SSSR count).